The number of hydrogen-bond acceptors (Lipinski definition) is 6. The molecule has 2 aromatic carbocycles. The van der Waals surface area contributed by atoms with Crippen LogP contribution in [0.5, 0.6) is 11.5 Å². The Morgan fingerprint density at radius 3 is 2.70 bits per heavy atom. The van der Waals surface area contributed by atoms with E-state index in [0.717, 1.165) is 29.3 Å². The first-order valence-corrected chi connectivity index (χ1v) is 9.08. The summed E-state index contributed by atoms with van der Waals surface area (Å²) >= 11 is 0. The van der Waals surface area contributed by atoms with E-state index >= 15 is 0 Å². The zero-order valence-corrected chi connectivity index (χ0v) is 15.5. The lowest BCUT2D eigenvalue weighted by Crippen LogP contribution is -2.15. The van der Waals surface area contributed by atoms with Gasteiger partial charge in [-0.15, -0.1) is 0 Å². The molecule has 6 nitrogen and oxygen atoms in total. The van der Waals surface area contributed by atoms with Crippen LogP contribution >= 0.6 is 0 Å². The minimum atomic E-state index is 0.557. The van der Waals surface area contributed by atoms with E-state index in [2.05, 4.69) is 52.6 Å². The van der Waals surface area contributed by atoms with Gasteiger partial charge >= 0.3 is 0 Å². The minimum absolute atomic E-state index is 0.557. The van der Waals surface area contributed by atoms with Crippen molar-refractivity contribution in [3.05, 3.63) is 59.8 Å². The van der Waals surface area contributed by atoms with Crippen LogP contribution < -0.4 is 20.1 Å². The van der Waals surface area contributed by atoms with Crippen LogP contribution in [0.15, 0.2) is 48.7 Å². The van der Waals surface area contributed by atoms with Gasteiger partial charge in [0.2, 0.25) is 5.95 Å². The van der Waals surface area contributed by atoms with E-state index in [9.17, 15) is 0 Å². The van der Waals surface area contributed by atoms with Crippen molar-refractivity contribution in [3.63, 3.8) is 0 Å². The van der Waals surface area contributed by atoms with Gasteiger partial charge in [0, 0.05) is 23.6 Å². The van der Waals surface area contributed by atoms with E-state index in [1.54, 1.807) is 6.20 Å². The monoisotopic (exact) mass is 362 g/mol. The van der Waals surface area contributed by atoms with Gasteiger partial charge in [0.1, 0.15) is 19.0 Å². The van der Waals surface area contributed by atoms with Gasteiger partial charge in [-0.25, -0.2) is 4.98 Å². The van der Waals surface area contributed by atoms with Crippen LogP contribution in [-0.2, 0) is 6.42 Å². The highest BCUT2D eigenvalue weighted by atomic mass is 16.6. The number of rotatable bonds is 5. The van der Waals surface area contributed by atoms with Crippen molar-refractivity contribution in [1.29, 1.82) is 0 Å². The Morgan fingerprint density at radius 1 is 1.00 bits per heavy atom. The van der Waals surface area contributed by atoms with E-state index in [0.29, 0.717) is 25.0 Å². The maximum atomic E-state index is 5.63. The molecule has 1 aliphatic rings. The molecule has 0 saturated carbocycles. The Balaban J connectivity index is 1.55. The lowest BCUT2D eigenvalue weighted by molar-refractivity contribution is 0.171. The van der Waals surface area contributed by atoms with Gasteiger partial charge in [0.05, 0.1) is 0 Å². The fourth-order valence-electron chi connectivity index (χ4n) is 3.07. The van der Waals surface area contributed by atoms with Crippen LogP contribution in [0.4, 0.5) is 23.1 Å². The highest BCUT2D eigenvalue weighted by Gasteiger charge is 2.12. The number of para-hydroxylation sites is 1. The number of ether oxygens (including phenoxy) is 2. The molecule has 2 heterocycles. The Bertz CT molecular complexity index is 959. The molecule has 138 valence electrons. The third kappa shape index (κ3) is 3.79. The van der Waals surface area contributed by atoms with Gasteiger partial charge in [-0.3, -0.25) is 0 Å². The molecule has 1 aliphatic heterocycles. The van der Waals surface area contributed by atoms with Crippen LogP contribution in [0.2, 0.25) is 0 Å². The Morgan fingerprint density at radius 2 is 1.85 bits per heavy atom. The molecule has 1 aromatic heterocycles. The van der Waals surface area contributed by atoms with Gasteiger partial charge in [-0.05, 0) is 42.7 Å². The summed E-state index contributed by atoms with van der Waals surface area (Å²) in [7, 11) is 0. The number of nitrogens with zero attached hydrogens (tertiary/aromatic N) is 2. The predicted octanol–water partition coefficient (Wildman–Crippen LogP) is 4.61. The molecule has 0 fully saturated rings. The van der Waals surface area contributed by atoms with Crippen molar-refractivity contribution in [2.75, 3.05) is 23.8 Å². The first kappa shape index (κ1) is 17.1. The Labute approximate surface area is 158 Å². The van der Waals surface area contributed by atoms with Gasteiger partial charge in [-0.2, -0.15) is 4.98 Å². The molecule has 4 rings (SSSR count). The van der Waals surface area contributed by atoms with Crippen LogP contribution in [0.25, 0.3) is 0 Å². The molecule has 0 atom stereocenters. The molecule has 0 radical (unpaired) electrons. The highest BCUT2D eigenvalue weighted by Crippen LogP contribution is 2.33. The molecule has 0 bridgehead atoms. The fourth-order valence-corrected chi connectivity index (χ4v) is 3.07. The molecule has 0 saturated heterocycles. The zero-order chi connectivity index (χ0) is 18.6. The Hall–Kier alpha value is -3.28. The average molecular weight is 362 g/mol. The molecule has 6 heteroatoms. The first-order chi connectivity index (χ1) is 13.2. The highest BCUT2D eigenvalue weighted by molar-refractivity contribution is 5.65. The summed E-state index contributed by atoms with van der Waals surface area (Å²) in [4.78, 5) is 8.94. The lowest BCUT2D eigenvalue weighted by atomic mass is 10.1. The number of hydrogen-bond donors (Lipinski definition) is 2. The van der Waals surface area contributed by atoms with Crippen LogP contribution in [0.3, 0.4) is 0 Å². The molecule has 0 aliphatic carbocycles. The van der Waals surface area contributed by atoms with Gasteiger partial charge in [0.15, 0.2) is 11.5 Å². The summed E-state index contributed by atoms with van der Waals surface area (Å²) in [6.45, 7) is 5.37. The summed E-state index contributed by atoms with van der Waals surface area (Å²) in [5, 5.41) is 6.66. The number of fused-ring (bicyclic) bond motifs is 1. The maximum absolute atomic E-state index is 5.63. The van der Waals surface area contributed by atoms with Crippen LogP contribution in [0, 0.1) is 6.92 Å². The molecule has 3 aromatic rings. The van der Waals surface area contributed by atoms with Crippen LogP contribution in [0.1, 0.15) is 18.1 Å². The van der Waals surface area contributed by atoms with Gasteiger partial charge in [0.25, 0.3) is 0 Å². The number of aromatic nitrogens is 2. The summed E-state index contributed by atoms with van der Waals surface area (Å²) in [5.41, 5.74) is 4.36. The second-order valence-corrected chi connectivity index (χ2v) is 6.34. The summed E-state index contributed by atoms with van der Waals surface area (Å²) in [6, 6.07) is 13.9. The van der Waals surface area contributed by atoms with Crippen LogP contribution in [-0.4, -0.2) is 23.2 Å². The van der Waals surface area contributed by atoms with Crippen molar-refractivity contribution in [2.24, 2.45) is 0 Å². The van der Waals surface area contributed by atoms with Gasteiger partial charge in [-0.1, -0.05) is 25.1 Å². The van der Waals surface area contributed by atoms with E-state index in [1.807, 2.05) is 24.3 Å². The van der Waals surface area contributed by atoms with E-state index < -0.39 is 0 Å². The second-order valence-electron chi connectivity index (χ2n) is 6.34. The van der Waals surface area contributed by atoms with E-state index in [1.165, 1.54) is 11.1 Å². The summed E-state index contributed by atoms with van der Waals surface area (Å²) in [6.07, 6.45) is 2.68. The third-order valence-electron chi connectivity index (χ3n) is 4.45. The third-order valence-corrected chi connectivity index (χ3v) is 4.45. The zero-order valence-electron chi connectivity index (χ0n) is 15.5. The average Bonchev–Trinajstić information content (AvgIpc) is 2.70. The predicted molar refractivity (Wildman–Crippen MR) is 107 cm³/mol. The largest absolute Gasteiger partial charge is 0.486 e. The van der Waals surface area contributed by atoms with Crippen molar-refractivity contribution in [2.45, 2.75) is 20.3 Å². The number of anilines is 4. The lowest BCUT2D eigenvalue weighted by Gasteiger charge is -2.19. The van der Waals surface area contributed by atoms with E-state index in [-0.39, 0.29) is 0 Å². The second kappa shape index (κ2) is 7.53. The SMILES string of the molecule is CCc1cccc(C)c1Nc1nccc(Nc2ccc3c(c2)OCCO3)n1. The number of aryl methyl sites for hydroxylation is 2. The molecule has 2 N–H and O–H groups in total. The molecular formula is C21H22N4O2. The van der Waals surface area contributed by atoms with Gasteiger partial charge < -0.3 is 20.1 Å². The van der Waals surface area contributed by atoms with Crippen molar-refractivity contribution in [1.82, 2.24) is 9.97 Å². The van der Waals surface area contributed by atoms with Crippen molar-refractivity contribution in [3.8, 4) is 11.5 Å². The quantitative estimate of drug-likeness (QED) is 0.691. The topological polar surface area (TPSA) is 68.3 Å². The molecule has 0 amide bonds. The standard InChI is InChI=1S/C21H22N4O2/c1-3-15-6-4-5-14(2)20(15)25-21-22-10-9-19(24-21)23-16-7-8-17-18(13-16)27-12-11-26-17/h4-10,13H,3,11-12H2,1-2H3,(H2,22,23,24,25). The number of benzene rings is 2. The molecular weight excluding hydrogens is 340 g/mol. The summed E-state index contributed by atoms with van der Waals surface area (Å²) < 4.78 is 11.2. The fraction of sp³-hybridized carbons (Fsp3) is 0.238. The van der Waals surface area contributed by atoms with E-state index in [4.69, 9.17) is 9.47 Å². The Kier molecular flexibility index (Phi) is 4.78. The smallest absolute Gasteiger partial charge is 0.229 e. The van der Waals surface area contributed by atoms with Crippen molar-refractivity contribution >= 4 is 23.1 Å². The molecule has 0 spiro atoms. The minimum Gasteiger partial charge on any atom is -0.486 e. The normalized spacial score (nSPS) is 12.5. The molecule has 27 heavy (non-hydrogen) atoms. The molecule has 0 unspecified atom stereocenters. The number of nitrogens with one attached hydrogen (secondary N) is 2. The first-order valence-electron chi connectivity index (χ1n) is 9.08. The van der Waals surface area contributed by atoms with Crippen molar-refractivity contribution < 1.29 is 9.47 Å². The summed E-state index contributed by atoms with van der Waals surface area (Å²) in [5.74, 6) is 2.77. The maximum Gasteiger partial charge on any atom is 0.229 e.